The smallest absolute Gasteiger partial charge is 0.320 e. The largest absolute Gasteiger partial charge is 0.378 e. The van der Waals surface area contributed by atoms with E-state index in [0.29, 0.717) is 58.8 Å². The highest BCUT2D eigenvalue weighted by Crippen LogP contribution is 2.34. The summed E-state index contributed by atoms with van der Waals surface area (Å²) in [5, 5.41) is 7.67. The number of carbonyl (C=O) groups excluding carboxylic acids is 4. The topological polar surface area (TPSA) is 127 Å². The van der Waals surface area contributed by atoms with Crippen LogP contribution in [0.4, 0.5) is 4.79 Å². The summed E-state index contributed by atoms with van der Waals surface area (Å²) in [4.78, 5) is 68.3. The fraction of sp³-hybridized carbons (Fsp3) is 0.759. The Morgan fingerprint density at radius 1 is 1.02 bits per heavy atom. The summed E-state index contributed by atoms with van der Waals surface area (Å²) < 4.78 is 5.45. The predicted molar refractivity (Wildman–Crippen MR) is 156 cm³/mol. The minimum Gasteiger partial charge on any atom is -0.378 e. The number of nitrogens with one attached hydrogen (secondary N) is 2. The van der Waals surface area contributed by atoms with Crippen molar-refractivity contribution < 1.29 is 23.9 Å². The molecule has 4 atom stereocenters. The zero-order chi connectivity index (χ0) is 29.5. The van der Waals surface area contributed by atoms with E-state index in [2.05, 4.69) is 24.5 Å². The Hall–Kier alpha value is -2.77. The molecular formula is C29H43N7O5S. The molecule has 6 bridgehead atoms. The molecule has 6 aliphatic rings. The molecule has 1 aromatic heterocycles. The third kappa shape index (κ3) is 5.87. The molecule has 1 aromatic rings. The van der Waals surface area contributed by atoms with Crippen LogP contribution in [-0.2, 0) is 25.5 Å². The van der Waals surface area contributed by atoms with Crippen LogP contribution in [0.5, 0.6) is 0 Å². The van der Waals surface area contributed by atoms with Gasteiger partial charge in [-0.15, -0.1) is 11.3 Å². The first-order valence-corrected chi connectivity index (χ1v) is 16.2. The number of amides is 5. The summed E-state index contributed by atoms with van der Waals surface area (Å²) in [5.74, 6) is -0.110. The first-order chi connectivity index (χ1) is 20.2. The zero-order valence-corrected chi connectivity index (χ0v) is 25.7. The van der Waals surface area contributed by atoms with Crippen molar-refractivity contribution in [2.45, 2.75) is 89.0 Å². The molecule has 0 unspecified atom stereocenters. The van der Waals surface area contributed by atoms with Crippen LogP contribution in [0.2, 0.25) is 0 Å². The fourth-order valence-corrected chi connectivity index (χ4v) is 8.30. The van der Waals surface area contributed by atoms with Crippen molar-refractivity contribution >= 4 is 35.1 Å². The van der Waals surface area contributed by atoms with Crippen LogP contribution < -0.4 is 10.6 Å². The number of hydrogen-bond acceptors (Lipinski definition) is 8. The summed E-state index contributed by atoms with van der Waals surface area (Å²) in [6.07, 6.45) is 2.65. The first-order valence-electron chi connectivity index (χ1n) is 15.4. The van der Waals surface area contributed by atoms with Crippen LogP contribution in [-0.4, -0.2) is 131 Å². The average molecular weight is 602 g/mol. The quantitative estimate of drug-likeness (QED) is 0.511. The highest BCUT2D eigenvalue weighted by atomic mass is 32.1. The van der Waals surface area contributed by atoms with Crippen molar-refractivity contribution in [2.75, 3.05) is 52.5 Å². The molecule has 13 heteroatoms. The number of aromatic nitrogens is 1. The third-order valence-corrected chi connectivity index (χ3v) is 10.5. The lowest BCUT2D eigenvalue weighted by molar-refractivity contribution is -0.146. The molecule has 2 N–H and O–H groups in total. The molecule has 7 heterocycles. The number of piperidine rings is 1. The number of morpholine rings is 1. The van der Waals surface area contributed by atoms with Gasteiger partial charge < -0.3 is 35.0 Å². The van der Waals surface area contributed by atoms with Gasteiger partial charge in [-0.1, -0.05) is 13.8 Å². The Morgan fingerprint density at radius 2 is 1.76 bits per heavy atom. The highest BCUT2D eigenvalue weighted by molar-refractivity contribution is 7.11. The number of hydrogen-bond donors (Lipinski definition) is 2. The standard InChI is InChI=1S/C29H43N7O5S/c1-17(2)30-20-12-23-27(38)33-6-4-19(5-7-33)26-32-22(18(3)42-26)14-25(37)31-21-13-24(28(39)35(23)15-20)36(16-21)29(40)34-8-10-41-11-9-34/h17,19-21,23-24,30H,4-16H2,1-3H3,(H,31,37)/t20-,21+,23-,24-/m0/s1. The summed E-state index contributed by atoms with van der Waals surface area (Å²) in [7, 11) is 0. The molecule has 12 nitrogen and oxygen atoms in total. The van der Waals surface area contributed by atoms with Gasteiger partial charge in [0.2, 0.25) is 17.7 Å². The second-order valence-electron chi connectivity index (χ2n) is 12.6. The minimum absolute atomic E-state index is 0.0101. The van der Waals surface area contributed by atoms with Crippen LogP contribution in [0.3, 0.4) is 0 Å². The van der Waals surface area contributed by atoms with E-state index in [9.17, 15) is 19.2 Å². The Kier molecular flexibility index (Phi) is 8.43. The number of nitrogens with zero attached hydrogens (tertiary/aromatic N) is 5. The van der Waals surface area contributed by atoms with Crippen molar-refractivity contribution in [3.8, 4) is 0 Å². The van der Waals surface area contributed by atoms with Crippen LogP contribution in [0, 0.1) is 6.92 Å². The molecule has 5 amide bonds. The zero-order valence-electron chi connectivity index (χ0n) is 24.8. The maximum atomic E-state index is 14.4. The molecular weight excluding hydrogens is 558 g/mol. The van der Waals surface area contributed by atoms with Gasteiger partial charge in [0.15, 0.2) is 0 Å². The van der Waals surface area contributed by atoms with Crippen LogP contribution in [0.15, 0.2) is 0 Å². The van der Waals surface area contributed by atoms with E-state index in [1.807, 2.05) is 11.8 Å². The van der Waals surface area contributed by atoms with E-state index in [1.165, 1.54) is 0 Å². The van der Waals surface area contributed by atoms with Crippen LogP contribution >= 0.6 is 11.3 Å². The van der Waals surface area contributed by atoms with Gasteiger partial charge in [-0.2, -0.15) is 0 Å². The summed E-state index contributed by atoms with van der Waals surface area (Å²) in [6.45, 7) is 9.85. The van der Waals surface area contributed by atoms with Crippen molar-refractivity contribution in [3.05, 3.63) is 15.6 Å². The first kappa shape index (κ1) is 29.3. The molecule has 0 aliphatic carbocycles. The summed E-state index contributed by atoms with van der Waals surface area (Å²) in [5.41, 5.74) is 0.784. The number of rotatable bonds is 2. The number of thiazole rings is 1. The molecule has 0 saturated carbocycles. The summed E-state index contributed by atoms with van der Waals surface area (Å²) >= 11 is 1.65. The van der Waals surface area contributed by atoms with Gasteiger partial charge in [-0.05, 0) is 32.6 Å². The number of carbonyl (C=O) groups is 4. The number of urea groups is 1. The lowest BCUT2D eigenvalue weighted by Gasteiger charge is -2.37. The van der Waals surface area contributed by atoms with E-state index >= 15 is 0 Å². The van der Waals surface area contributed by atoms with Crippen molar-refractivity contribution in [1.29, 1.82) is 0 Å². The SMILES string of the molecule is Cc1sc2nc1CC(=O)N[C@@H]1C[C@@H](C(=O)N3C[C@@H](NC(C)C)C[C@H]3C(=O)N3CCC2CC3)N(C(=O)N2CCOCC2)C1. The van der Waals surface area contributed by atoms with Crippen molar-refractivity contribution in [3.63, 3.8) is 0 Å². The molecule has 230 valence electrons. The van der Waals surface area contributed by atoms with E-state index < -0.39 is 12.1 Å². The van der Waals surface area contributed by atoms with E-state index in [1.54, 1.807) is 26.0 Å². The predicted octanol–water partition coefficient (Wildman–Crippen LogP) is 0.692. The number of aryl methyl sites for hydroxylation is 1. The normalized spacial score (nSPS) is 30.7. The lowest BCUT2D eigenvalue weighted by Crippen LogP contribution is -2.56. The van der Waals surface area contributed by atoms with E-state index in [4.69, 9.17) is 9.72 Å². The molecule has 4 fully saturated rings. The van der Waals surface area contributed by atoms with Crippen molar-refractivity contribution in [2.24, 2.45) is 0 Å². The number of fused-ring (bicyclic) bond motifs is 4. The van der Waals surface area contributed by atoms with Gasteiger partial charge in [0.1, 0.15) is 12.1 Å². The maximum Gasteiger partial charge on any atom is 0.320 e. The Bertz CT molecular complexity index is 1210. The second kappa shape index (κ2) is 12.1. The molecule has 42 heavy (non-hydrogen) atoms. The summed E-state index contributed by atoms with van der Waals surface area (Å²) in [6, 6.07) is -1.73. The lowest BCUT2D eigenvalue weighted by atomic mass is 9.96. The molecule has 7 rings (SSSR count). The Balaban J connectivity index is 1.33. The van der Waals surface area contributed by atoms with Crippen LogP contribution in [0.1, 0.15) is 61.0 Å². The van der Waals surface area contributed by atoms with E-state index in [-0.39, 0.29) is 60.8 Å². The molecule has 4 saturated heterocycles. The van der Waals surface area contributed by atoms with Gasteiger partial charge in [0.25, 0.3) is 0 Å². The second-order valence-corrected chi connectivity index (χ2v) is 13.9. The monoisotopic (exact) mass is 601 g/mol. The molecule has 6 aliphatic heterocycles. The highest BCUT2D eigenvalue weighted by Gasteiger charge is 2.49. The molecule has 0 aromatic carbocycles. The van der Waals surface area contributed by atoms with E-state index in [0.717, 1.165) is 28.4 Å². The molecule has 0 radical (unpaired) electrons. The van der Waals surface area contributed by atoms with Gasteiger partial charge in [-0.3, -0.25) is 14.4 Å². The number of likely N-dealkylation sites (tertiary alicyclic amines) is 1. The fourth-order valence-electron chi connectivity index (χ4n) is 7.20. The number of ether oxygens (including phenoxy) is 1. The van der Waals surface area contributed by atoms with Gasteiger partial charge in [-0.25, -0.2) is 9.78 Å². The maximum absolute atomic E-state index is 14.4. The van der Waals surface area contributed by atoms with Crippen LogP contribution in [0.25, 0.3) is 0 Å². The van der Waals surface area contributed by atoms with Gasteiger partial charge >= 0.3 is 6.03 Å². The average Bonchev–Trinajstić information content (AvgIpc) is 3.69. The van der Waals surface area contributed by atoms with Gasteiger partial charge in [0, 0.05) is 68.2 Å². The van der Waals surface area contributed by atoms with Crippen molar-refractivity contribution in [1.82, 2.24) is 35.2 Å². The Labute approximate surface area is 251 Å². The van der Waals surface area contributed by atoms with Gasteiger partial charge in [0.05, 0.1) is 30.3 Å². The third-order valence-electron chi connectivity index (χ3n) is 9.31. The Morgan fingerprint density at radius 3 is 2.48 bits per heavy atom. The molecule has 0 spiro atoms. The minimum atomic E-state index is -0.757.